The first-order valence-corrected chi connectivity index (χ1v) is 8.21. The first-order chi connectivity index (χ1) is 9.92. The Balaban J connectivity index is 2.00. The molecule has 2 amide bonds. The predicted molar refractivity (Wildman–Crippen MR) is 77.6 cm³/mol. The monoisotopic (exact) mass is 311 g/mol. The van der Waals surface area contributed by atoms with E-state index in [0.717, 1.165) is 0 Å². The van der Waals surface area contributed by atoms with E-state index in [1.165, 1.54) is 12.1 Å². The Morgan fingerprint density at radius 2 is 2.00 bits per heavy atom. The molecule has 1 atom stereocenters. The van der Waals surface area contributed by atoms with Crippen LogP contribution >= 0.6 is 0 Å². The Morgan fingerprint density at radius 1 is 1.33 bits per heavy atom. The van der Waals surface area contributed by atoms with E-state index in [1.807, 2.05) is 0 Å². The van der Waals surface area contributed by atoms with E-state index in [0.29, 0.717) is 5.69 Å². The molecule has 1 aromatic carbocycles. The Labute approximate surface area is 123 Å². The van der Waals surface area contributed by atoms with Crippen LogP contribution in [-0.2, 0) is 19.4 Å². The first-order valence-electron chi connectivity index (χ1n) is 6.56. The molecule has 3 N–H and O–H groups in total. The van der Waals surface area contributed by atoms with Crippen molar-refractivity contribution in [2.45, 2.75) is 17.9 Å². The zero-order chi connectivity index (χ0) is 15.5. The van der Waals surface area contributed by atoms with Gasteiger partial charge in [-0.05, 0) is 24.3 Å². The third-order valence-corrected chi connectivity index (χ3v) is 4.94. The summed E-state index contributed by atoms with van der Waals surface area (Å²) in [5.74, 6) is -0.390. The quantitative estimate of drug-likeness (QED) is 0.696. The molecule has 114 valence electrons. The SMILES string of the molecule is CCS(=O)(=O)c1ccc(NC(=O)C2CNC(=O)CN2)cc1. The van der Waals surface area contributed by atoms with Crippen molar-refractivity contribution in [1.82, 2.24) is 10.6 Å². The molecule has 1 saturated heterocycles. The molecule has 1 unspecified atom stereocenters. The van der Waals surface area contributed by atoms with E-state index in [-0.39, 0.29) is 35.6 Å². The summed E-state index contributed by atoms with van der Waals surface area (Å²) in [4.78, 5) is 23.2. The van der Waals surface area contributed by atoms with Crippen molar-refractivity contribution in [3.63, 3.8) is 0 Å². The molecule has 0 bridgehead atoms. The molecule has 0 aliphatic carbocycles. The molecular weight excluding hydrogens is 294 g/mol. The molecule has 1 heterocycles. The van der Waals surface area contributed by atoms with Crippen LogP contribution in [0.2, 0.25) is 0 Å². The number of hydrogen-bond acceptors (Lipinski definition) is 5. The molecule has 7 nitrogen and oxygen atoms in total. The van der Waals surface area contributed by atoms with Crippen LogP contribution < -0.4 is 16.0 Å². The van der Waals surface area contributed by atoms with Crippen molar-refractivity contribution < 1.29 is 18.0 Å². The van der Waals surface area contributed by atoms with Crippen LogP contribution in [0.25, 0.3) is 0 Å². The zero-order valence-electron chi connectivity index (χ0n) is 11.5. The zero-order valence-corrected chi connectivity index (χ0v) is 12.4. The average molecular weight is 311 g/mol. The summed E-state index contributed by atoms with van der Waals surface area (Å²) in [7, 11) is -3.24. The van der Waals surface area contributed by atoms with Crippen molar-refractivity contribution >= 4 is 27.3 Å². The second-order valence-corrected chi connectivity index (χ2v) is 6.93. The Kier molecular flexibility index (Phi) is 4.59. The summed E-state index contributed by atoms with van der Waals surface area (Å²) in [6.07, 6.45) is 0. The van der Waals surface area contributed by atoms with Crippen LogP contribution in [0.5, 0.6) is 0 Å². The van der Waals surface area contributed by atoms with Gasteiger partial charge in [-0.15, -0.1) is 0 Å². The molecule has 21 heavy (non-hydrogen) atoms. The fourth-order valence-corrected chi connectivity index (χ4v) is 2.78. The van der Waals surface area contributed by atoms with Crippen molar-refractivity contribution in [1.29, 1.82) is 0 Å². The summed E-state index contributed by atoms with van der Waals surface area (Å²) in [5, 5.41) is 8.08. The van der Waals surface area contributed by atoms with E-state index in [9.17, 15) is 18.0 Å². The van der Waals surface area contributed by atoms with Crippen molar-refractivity contribution in [3.05, 3.63) is 24.3 Å². The number of nitrogens with one attached hydrogen (secondary N) is 3. The number of piperazine rings is 1. The van der Waals surface area contributed by atoms with Gasteiger partial charge in [-0.25, -0.2) is 8.42 Å². The molecule has 1 aliphatic heterocycles. The molecule has 0 spiro atoms. The van der Waals surface area contributed by atoms with E-state index < -0.39 is 15.9 Å². The minimum atomic E-state index is -3.24. The van der Waals surface area contributed by atoms with Crippen LogP contribution in [0, 0.1) is 0 Å². The molecular formula is C13H17N3O4S. The number of hydrogen-bond donors (Lipinski definition) is 3. The maximum Gasteiger partial charge on any atom is 0.243 e. The lowest BCUT2D eigenvalue weighted by molar-refractivity contribution is -0.124. The van der Waals surface area contributed by atoms with Crippen LogP contribution in [0.1, 0.15) is 6.92 Å². The van der Waals surface area contributed by atoms with Gasteiger partial charge in [-0.1, -0.05) is 6.92 Å². The second-order valence-electron chi connectivity index (χ2n) is 4.65. The fraction of sp³-hybridized carbons (Fsp3) is 0.385. The number of carbonyl (C=O) groups is 2. The van der Waals surface area contributed by atoms with E-state index in [2.05, 4.69) is 16.0 Å². The van der Waals surface area contributed by atoms with Gasteiger partial charge in [0.25, 0.3) is 0 Å². The Bertz CT molecular complexity index is 630. The van der Waals surface area contributed by atoms with E-state index >= 15 is 0 Å². The second kappa shape index (κ2) is 6.23. The molecule has 0 aromatic heterocycles. The number of amides is 2. The standard InChI is InChI=1S/C13H17N3O4S/c1-2-21(19,20)10-5-3-9(4-6-10)16-13(18)11-7-15-12(17)8-14-11/h3-6,11,14H,2,7-8H2,1H3,(H,15,17)(H,16,18). The molecule has 1 aromatic rings. The third-order valence-electron chi connectivity index (χ3n) is 3.19. The highest BCUT2D eigenvalue weighted by molar-refractivity contribution is 7.91. The number of anilines is 1. The van der Waals surface area contributed by atoms with Gasteiger partial charge in [-0.3, -0.25) is 14.9 Å². The summed E-state index contributed by atoms with van der Waals surface area (Å²) >= 11 is 0. The number of carbonyl (C=O) groups excluding carboxylic acids is 2. The largest absolute Gasteiger partial charge is 0.353 e. The summed E-state index contributed by atoms with van der Waals surface area (Å²) in [6.45, 7) is 1.91. The highest BCUT2D eigenvalue weighted by atomic mass is 32.2. The lowest BCUT2D eigenvalue weighted by Gasteiger charge is -2.23. The Morgan fingerprint density at radius 3 is 2.52 bits per heavy atom. The summed E-state index contributed by atoms with van der Waals surface area (Å²) < 4.78 is 23.3. The highest BCUT2D eigenvalue weighted by Crippen LogP contribution is 2.15. The van der Waals surface area contributed by atoms with Crippen molar-refractivity contribution in [2.75, 3.05) is 24.2 Å². The Hall–Kier alpha value is -1.93. The van der Waals surface area contributed by atoms with Gasteiger partial charge >= 0.3 is 0 Å². The molecule has 0 saturated carbocycles. The molecule has 1 fully saturated rings. The van der Waals surface area contributed by atoms with Gasteiger partial charge in [0.05, 0.1) is 17.2 Å². The highest BCUT2D eigenvalue weighted by Gasteiger charge is 2.23. The minimum absolute atomic E-state index is 0.0321. The number of sulfone groups is 1. The fourth-order valence-electron chi connectivity index (χ4n) is 1.89. The number of benzene rings is 1. The topological polar surface area (TPSA) is 104 Å². The molecule has 0 radical (unpaired) electrons. The summed E-state index contributed by atoms with van der Waals surface area (Å²) in [6, 6.07) is 5.51. The average Bonchev–Trinajstić information content (AvgIpc) is 2.48. The number of rotatable bonds is 4. The van der Waals surface area contributed by atoms with Crippen LogP contribution in [0.4, 0.5) is 5.69 Å². The van der Waals surface area contributed by atoms with Crippen LogP contribution in [0.3, 0.4) is 0 Å². The van der Waals surface area contributed by atoms with Crippen molar-refractivity contribution in [2.24, 2.45) is 0 Å². The maximum atomic E-state index is 12.0. The molecule has 2 rings (SSSR count). The first kappa shape index (κ1) is 15.5. The lowest BCUT2D eigenvalue weighted by Crippen LogP contribution is -2.56. The van der Waals surface area contributed by atoms with Gasteiger partial charge in [0, 0.05) is 12.2 Å². The van der Waals surface area contributed by atoms with E-state index in [4.69, 9.17) is 0 Å². The lowest BCUT2D eigenvalue weighted by atomic mass is 10.2. The van der Waals surface area contributed by atoms with Crippen LogP contribution in [0.15, 0.2) is 29.2 Å². The van der Waals surface area contributed by atoms with Crippen LogP contribution in [-0.4, -0.2) is 45.1 Å². The van der Waals surface area contributed by atoms with Gasteiger partial charge in [-0.2, -0.15) is 0 Å². The van der Waals surface area contributed by atoms with Gasteiger partial charge in [0.1, 0.15) is 6.04 Å². The van der Waals surface area contributed by atoms with Gasteiger partial charge in [0.15, 0.2) is 9.84 Å². The smallest absolute Gasteiger partial charge is 0.243 e. The van der Waals surface area contributed by atoms with Gasteiger partial charge < -0.3 is 10.6 Å². The predicted octanol–water partition coefficient (Wildman–Crippen LogP) is -0.493. The normalized spacial score (nSPS) is 18.9. The van der Waals surface area contributed by atoms with E-state index in [1.54, 1.807) is 19.1 Å². The molecule has 8 heteroatoms. The maximum absolute atomic E-state index is 12.0. The van der Waals surface area contributed by atoms with Gasteiger partial charge in [0.2, 0.25) is 11.8 Å². The third kappa shape index (κ3) is 3.79. The molecule has 1 aliphatic rings. The minimum Gasteiger partial charge on any atom is -0.353 e. The van der Waals surface area contributed by atoms with Crippen molar-refractivity contribution in [3.8, 4) is 0 Å². The summed E-state index contributed by atoms with van der Waals surface area (Å²) in [5.41, 5.74) is 0.508.